The minimum atomic E-state index is -0.174. The Labute approximate surface area is 216 Å². The van der Waals surface area contributed by atoms with Gasteiger partial charge in [0.2, 0.25) is 5.89 Å². The Morgan fingerprint density at radius 1 is 0.972 bits per heavy atom. The molecule has 0 bridgehead atoms. The van der Waals surface area contributed by atoms with E-state index in [1.165, 1.54) is 11.8 Å². The second-order valence-electron chi connectivity index (χ2n) is 7.91. The fourth-order valence-electron chi connectivity index (χ4n) is 3.84. The van der Waals surface area contributed by atoms with Crippen molar-refractivity contribution in [1.82, 2.24) is 14.5 Å². The number of ether oxygens (including phenoxy) is 2. The molecule has 9 heteroatoms. The number of fused-ring (bicyclic) bond motifs is 1. The van der Waals surface area contributed by atoms with E-state index >= 15 is 0 Å². The molecule has 182 valence electrons. The van der Waals surface area contributed by atoms with Gasteiger partial charge in [-0.3, -0.25) is 9.36 Å². The van der Waals surface area contributed by atoms with E-state index in [-0.39, 0.29) is 5.56 Å². The van der Waals surface area contributed by atoms with Crippen LogP contribution < -0.4 is 15.0 Å². The Bertz CT molecular complexity index is 1630. The summed E-state index contributed by atoms with van der Waals surface area (Å²) in [5, 5.41) is 1.66. The van der Waals surface area contributed by atoms with Gasteiger partial charge in [0.1, 0.15) is 5.76 Å². The van der Waals surface area contributed by atoms with E-state index in [1.807, 2.05) is 49.4 Å². The highest BCUT2D eigenvalue weighted by Crippen LogP contribution is 2.32. The summed E-state index contributed by atoms with van der Waals surface area (Å²) < 4.78 is 18.3. The fourth-order valence-corrected chi connectivity index (χ4v) is 5.04. The lowest BCUT2D eigenvalue weighted by molar-refractivity contribution is 0.354. The summed E-state index contributed by atoms with van der Waals surface area (Å²) in [6, 6.07) is 20.0. The highest BCUT2D eigenvalue weighted by atomic mass is 35.5. The van der Waals surface area contributed by atoms with Gasteiger partial charge in [0.25, 0.3) is 5.56 Å². The van der Waals surface area contributed by atoms with E-state index in [9.17, 15) is 4.79 Å². The van der Waals surface area contributed by atoms with Crippen LogP contribution in [0.1, 0.15) is 11.5 Å². The number of oxazole rings is 1. The van der Waals surface area contributed by atoms with E-state index < -0.39 is 0 Å². The number of thioether (sulfide) groups is 1. The van der Waals surface area contributed by atoms with E-state index in [0.29, 0.717) is 55.7 Å². The van der Waals surface area contributed by atoms with E-state index in [4.69, 9.17) is 30.5 Å². The Morgan fingerprint density at radius 2 is 1.78 bits per heavy atom. The molecule has 5 rings (SSSR count). The molecule has 0 atom stereocenters. The number of nitrogens with zero attached hydrogens (tertiary/aromatic N) is 3. The number of hydrogen-bond donors (Lipinski definition) is 0. The molecule has 2 heterocycles. The number of aryl methyl sites for hydroxylation is 1. The van der Waals surface area contributed by atoms with Gasteiger partial charge in [-0.05, 0) is 49.4 Å². The van der Waals surface area contributed by atoms with Gasteiger partial charge >= 0.3 is 0 Å². The van der Waals surface area contributed by atoms with Crippen LogP contribution in [0, 0.1) is 6.92 Å². The minimum absolute atomic E-state index is 0.174. The molecule has 0 fully saturated rings. The van der Waals surface area contributed by atoms with Crippen LogP contribution in [0.5, 0.6) is 11.5 Å². The lowest BCUT2D eigenvalue weighted by Gasteiger charge is -2.15. The third-order valence-corrected chi connectivity index (χ3v) is 6.86. The second-order valence-corrected chi connectivity index (χ2v) is 9.29. The van der Waals surface area contributed by atoms with E-state index in [2.05, 4.69) is 4.98 Å². The van der Waals surface area contributed by atoms with Gasteiger partial charge in [0.05, 0.1) is 36.5 Å². The SMILES string of the molecule is COc1ccc(-n2c(SCc3nc(-c4cccc(Cl)c4)oc3C)nc3ccccc3c2=O)cc1OC. The summed E-state index contributed by atoms with van der Waals surface area (Å²) in [7, 11) is 3.13. The predicted molar refractivity (Wildman–Crippen MR) is 142 cm³/mol. The van der Waals surface area contributed by atoms with Crippen LogP contribution in [0.3, 0.4) is 0 Å². The van der Waals surface area contributed by atoms with E-state index in [1.54, 1.807) is 43.1 Å². The van der Waals surface area contributed by atoms with Crippen molar-refractivity contribution < 1.29 is 13.9 Å². The van der Waals surface area contributed by atoms with Crippen LogP contribution >= 0.6 is 23.4 Å². The Hall–Kier alpha value is -3.75. The molecular formula is C27H22ClN3O4S. The predicted octanol–water partition coefficient (Wildman–Crippen LogP) is 6.31. The molecule has 5 aromatic rings. The third-order valence-electron chi connectivity index (χ3n) is 5.67. The number of methoxy groups -OCH3 is 2. The van der Waals surface area contributed by atoms with Gasteiger partial charge in [-0.1, -0.05) is 41.6 Å². The normalized spacial score (nSPS) is 11.1. The smallest absolute Gasteiger partial charge is 0.266 e. The second kappa shape index (κ2) is 10.1. The van der Waals surface area contributed by atoms with Crippen molar-refractivity contribution in [2.45, 2.75) is 17.8 Å². The molecule has 7 nitrogen and oxygen atoms in total. The maximum absolute atomic E-state index is 13.6. The molecule has 0 N–H and O–H groups in total. The number of hydrogen-bond acceptors (Lipinski definition) is 7. The van der Waals surface area contributed by atoms with Crippen molar-refractivity contribution in [1.29, 1.82) is 0 Å². The fraction of sp³-hybridized carbons (Fsp3) is 0.148. The van der Waals surface area contributed by atoms with Crippen LogP contribution in [0.15, 0.2) is 81.1 Å². The maximum atomic E-state index is 13.6. The average molecular weight is 520 g/mol. The van der Waals surface area contributed by atoms with Gasteiger partial charge in [0, 0.05) is 22.4 Å². The summed E-state index contributed by atoms with van der Waals surface area (Å²) in [6.45, 7) is 1.87. The zero-order valence-corrected chi connectivity index (χ0v) is 21.4. The number of benzene rings is 3. The zero-order chi connectivity index (χ0) is 25.2. The molecular weight excluding hydrogens is 498 g/mol. The first-order chi connectivity index (χ1) is 17.5. The van der Waals surface area contributed by atoms with Crippen LogP contribution in [0.2, 0.25) is 5.02 Å². The van der Waals surface area contributed by atoms with Crippen molar-refractivity contribution in [3.05, 3.63) is 93.6 Å². The Morgan fingerprint density at radius 3 is 2.56 bits per heavy atom. The lowest BCUT2D eigenvalue weighted by Crippen LogP contribution is -2.21. The van der Waals surface area contributed by atoms with Crippen molar-refractivity contribution >= 4 is 34.3 Å². The van der Waals surface area contributed by atoms with Gasteiger partial charge in [0.15, 0.2) is 16.7 Å². The zero-order valence-electron chi connectivity index (χ0n) is 19.8. The number of rotatable bonds is 7. The van der Waals surface area contributed by atoms with Crippen LogP contribution in [-0.4, -0.2) is 28.8 Å². The van der Waals surface area contributed by atoms with Crippen LogP contribution in [-0.2, 0) is 5.75 Å². The largest absolute Gasteiger partial charge is 0.493 e. The Kier molecular flexibility index (Phi) is 6.71. The van der Waals surface area contributed by atoms with Gasteiger partial charge in [-0.15, -0.1) is 0 Å². The molecule has 0 aliphatic heterocycles. The molecule has 0 unspecified atom stereocenters. The third kappa shape index (κ3) is 4.57. The highest BCUT2D eigenvalue weighted by molar-refractivity contribution is 7.98. The number of aromatic nitrogens is 3. The van der Waals surface area contributed by atoms with Crippen molar-refractivity contribution in [3.63, 3.8) is 0 Å². The highest BCUT2D eigenvalue weighted by Gasteiger charge is 2.18. The topological polar surface area (TPSA) is 79.4 Å². The molecule has 0 radical (unpaired) electrons. The van der Waals surface area contributed by atoms with Crippen molar-refractivity contribution in [2.75, 3.05) is 14.2 Å². The lowest BCUT2D eigenvalue weighted by atomic mass is 10.2. The van der Waals surface area contributed by atoms with Crippen molar-refractivity contribution in [2.24, 2.45) is 0 Å². The first-order valence-corrected chi connectivity index (χ1v) is 12.4. The molecule has 3 aromatic carbocycles. The maximum Gasteiger partial charge on any atom is 0.266 e. The summed E-state index contributed by atoms with van der Waals surface area (Å²) in [4.78, 5) is 23.1. The van der Waals surface area contributed by atoms with Crippen LogP contribution in [0.25, 0.3) is 28.0 Å². The minimum Gasteiger partial charge on any atom is -0.493 e. The summed E-state index contributed by atoms with van der Waals surface area (Å²) in [6.07, 6.45) is 0. The van der Waals surface area contributed by atoms with Gasteiger partial charge < -0.3 is 13.9 Å². The monoisotopic (exact) mass is 519 g/mol. The number of halogens is 1. The quantitative estimate of drug-likeness (QED) is 0.184. The molecule has 0 spiro atoms. The summed E-state index contributed by atoms with van der Waals surface area (Å²) in [5.41, 5.74) is 2.63. The average Bonchev–Trinajstić information content (AvgIpc) is 3.27. The molecule has 0 saturated heterocycles. The van der Waals surface area contributed by atoms with Crippen LogP contribution in [0.4, 0.5) is 0 Å². The molecule has 0 aliphatic rings. The molecule has 0 aliphatic carbocycles. The number of para-hydroxylation sites is 1. The molecule has 0 saturated carbocycles. The first-order valence-electron chi connectivity index (χ1n) is 11.1. The molecule has 0 amide bonds. The Balaban J connectivity index is 1.56. The van der Waals surface area contributed by atoms with Gasteiger partial charge in [-0.2, -0.15) is 0 Å². The summed E-state index contributed by atoms with van der Waals surface area (Å²) in [5.74, 6) is 2.73. The van der Waals surface area contributed by atoms with Gasteiger partial charge in [-0.25, -0.2) is 9.97 Å². The first kappa shape index (κ1) is 24.0. The standard InChI is InChI=1S/C27H22ClN3O4S/c1-16-22(29-25(35-16)17-7-6-8-18(28)13-17)15-36-27-30-21-10-5-4-9-20(21)26(32)31(27)19-11-12-23(33-2)24(14-19)34-3/h4-14H,15H2,1-3H3. The molecule has 36 heavy (non-hydrogen) atoms. The summed E-state index contributed by atoms with van der Waals surface area (Å²) >= 11 is 7.53. The van der Waals surface area contributed by atoms with E-state index in [0.717, 1.165) is 11.3 Å². The molecule has 2 aromatic heterocycles. The van der Waals surface area contributed by atoms with Crippen molar-refractivity contribution in [3.8, 4) is 28.6 Å².